The van der Waals surface area contributed by atoms with E-state index in [1.54, 1.807) is 7.05 Å². The predicted molar refractivity (Wildman–Crippen MR) is 66.4 cm³/mol. The van der Waals surface area contributed by atoms with E-state index in [0.29, 0.717) is 6.42 Å². The summed E-state index contributed by atoms with van der Waals surface area (Å²) in [4.78, 5) is 13.6. The van der Waals surface area contributed by atoms with Crippen LogP contribution in [0.4, 0.5) is 0 Å². The average Bonchev–Trinajstić information content (AvgIpc) is 2.34. The van der Waals surface area contributed by atoms with Crippen LogP contribution in [0.2, 0.25) is 0 Å². The van der Waals surface area contributed by atoms with Gasteiger partial charge in [0.2, 0.25) is 5.91 Å². The molecule has 1 saturated heterocycles. The first-order valence-corrected chi connectivity index (χ1v) is 6.40. The van der Waals surface area contributed by atoms with Crippen LogP contribution in [0.1, 0.15) is 26.2 Å². The van der Waals surface area contributed by atoms with Crippen LogP contribution in [0.3, 0.4) is 0 Å². The number of carbonyl (C=O) groups excluding carboxylic acids is 1. The molecule has 1 aliphatic rings. The molecule has 4 heteroatoms. The number of amides is 1. The number of hydrogen-bond donors (Lipinski definition) is 2. The standard InChI is InChI=1S/C12H25N3O/c1-3-14-9-11-5-4-7-15(10-11)8-6-12(16)13-2/h11,14H,3-10H2,1-2H3,(H,13,16). The Balaban J connectivity index is 2.19. The van der Waals surface area contributed by atoms with Crippen LogP contribution in [-0.2, 0) is 4.79 Å². The molecule has 0 aromatic carbocycles. The van der Waals surface area contributed by atoms with Gasteiger partial charge < -0.3 is 15.5 Å². The number of piperidine rings is 1. The van der Waals surface area contributed by atoms with Crippen molar-refractivity contribution in [1.29, 1.82) is 0 Å². The molecule has 1 unspecified atom stereocenters. The second kappa shape index (κ2) is 7.63. The first kappa shape index (κ1) is 13.5. The van der Waals surface area contributed by atoms with Crippen LogP contribution >= 0.6 is 0 Å². The molecular weight excluding hydrogens is 202 g/mol. The van der Waals surface area contributed by atoms with Crippen molar-refractivity contribution in [1.82, 2.24) is 15.5 Å². The predicted octanol–water partition coefficient (Wildman–Crippen LogP) is 0.444. The van der Waals surface area contributed by atoms with Crippen molar-refractivity contribution >= 4 is 5.91 Å². The summed E-state index contributed by atoms with van der Waals surface area (Å²) in [6.45, 7) is 7.51. The number of rotatable bonds is 6. The van der Waals surface area contributed by atoms with Crippen molar-refractivity contribution in [3.63, 3.8) is 0 Å². The quantitative estimate of drug-likeness (QED) is 0.692. The van der Waals surface area contributed by atoms with Crippen LogP contribution in [0.25, 0.3) is 0 Å². The molecule has 1 amide bonds. The molecule has 2 N–H and O–H groups in total. The van der Waals surface area contributed by atoms with Gasteiger partial charge in [-0.25, -0.2) is 0 Å². The molecule has 1 atom stereocenters. The molecule has 0 aromatic rings. The van der Waals surface area contributed by atoms with Gasteiger partial charge in [-0.3, -0.25) is 4.79 Å². The van der Waals surface area contributed by atoms with Gasteiger partial charge in [0.05, 0.1) is 0 Å². The fourth-order valence-electron chi connectivity index (χ4n) is 2.25. The summed E-state index contributed by atoms with van der Waals surface area (Å²) in [6, 6.07) is 0. The molecule has 1 aliphatic heterocycles. The van der Waals surface area contributed by atoms with E-state index < -0.39 is 0 Å². The summed E-state index contributed by atoms with van der Waals surface area (Å²) in [7, 11) is 1.70. The fourth-order valence-corrected chi connectivity index (χ4v) is 2.25. The second-order valence-corrected chi connectivity index (χ2v) is 4.54. The number of hydrogen-bond acceptors (Lipinski definition) is 3. The normalized spacial score (nSPS) is 22.0. The molecule has 0 saturated carbocycles. The summed E-state index contributed by atoms with van der Waals surface area (Å²) >= 11 is 0. The highest BCUT2D eigenvalue weighted by Crippen LogP contribution is 2.15. The fraction of sp³-hybridized carbons (Fsp3) is 0.917. The summed E-state index contributed by atoms with van der Waals surface area (Å²) in [5, 5.41) is 6.08. The third-order valence-corrected chi connectivity index (χ3v) is 3.22. The molecule has 1 rings (SSSR count). The summed E-state index contributed by atoms with van der Waals surface area (Å²) in [5.41, 5.74) is 0. The number of nitrogens with zero attached hydrogens (tertiary/aromatic N) is 1. The third-order valence-electron chi connectivity index (χ3n) is 3.22. The van der Waals surface area contributed by atoms with E-state index in [0.717, 1.165) is 38.6 Å². The minimum absolute atomic E-state index is 0.147. The Labute approximate surface area is 98.8 Å². The molecule has 0 radical (unpaired) electrons. The maximum Gasteiger partial charge on any atom is 0.221 e. The van der Waals surface area contributed by atoms with Crippen LogP contribution in [-0.4, -0.2) is 50.6 Å². The topological polar surface area (TPSA) is 44.4 Å². The first-order chi connectivity index (χ1) is 7.76. The van der Waals surface area contributed by atoms with E-state index in [9.17, 15) is 4.79 Å². The van der Waals surface area contributed by atoms with Gasteiger partial charge in [-0.1, -0.05) is 6.92 Å². The molecule has 0 aliphatic carbocycles. The Kier molecular flexibility index (Phi) is 6.42. The lowest BCUT2D eigenvalue weighted by atomic mass is 9.98. The van der Waals surface area contributed by atoms with Crippen molar-refractivity contribution in [2.24, 2.45) is 5.92 Å². The van der Waals surface area contributed by atoms with E-state index in [1.807, 2.05) is 0 Å². The zero-order chi connectivity index (χ0) is 11.8. The van der Waals surface area contributed by atoms with Gasteiger partial charge in [0.25, 0.3) is 0 Å². The Morgan fingerprint density at radius 3 is 3.00 bits per heavy atom. The van der Waals surface area contributed by atoms with Crippen molar-refractivity contribution in [3.05, 3.63) is 0 Å². The highest BCUT2D eigenvalue weighted by molar-refractivity contribution is 5.75. The molecule has 16 heavy (non-hydrogen) atoms. The Morgan fingerprint density at radius 1 is 1.50 bits per heavy atom. The second-order valence-electron chi connectivity index (χ2n) is 4.54. The van der Waals surface area contributed by atoms with Gasteiger partial charge in [-0.05, 0) is 38.4 Å². The lowest BCUT2D eigenvalue weighted by Crippen LogP contribution is -2.41. The van der Waals surface area contributed by atoms with Gasteiger partial charge in [0.1, 0.15) is 0 Å². The number of likely N-dealkylation sites (tertiary alicyclic amines) is 1. The minimum Gasteiger partial charge on any atom is -0.359 e. The largest absolute Gasteiger partial charge is 0.359 e. The molecule has 0 bridgehead atoms. The molecule has 1 fully saturated rings. The molecule has 1 heterocycles. The van der Waals surface area contributed by atoms with Crippen molar-refractivity contribution < 1.29 is 4.79 Å². The van der Waals surface area contributed by atoms with Gasteiger partial charge in [0, 0.05) is 26.6 Å². The van der Waals surface area contributed by atoms with Gasteiger partial charge in [-0.2, -0.15) is 0 Å². The zero-order valence-corrected chi connectivity index (χ0v) is 10.6. The highest BCUT2D eigenvalue weighted by atomic mass is 16.1. The van der Waals surface area contributed by atoms with E-state index in [2.05, 4.69) is 22.5 Å². The van der Waals surface area contributed by atoms with Gasteiger partial charge in [-0.15, -0.1) is 0 Å². The van der Waals surface area contributed by atoms with Crippen molar-refractivity contribution in [2.75, 3.05) is 39.8 Å². The van der Waals surface area contributed by atoms with Crippen LogP contribution < -0.4 is 10.6 Å². The maximum atomic E-state index is 11.2. The minimum atomic E-state index is 0.147. The van der Waals surface area contributed by atoms with Crippen molar-refractivity contribution in [3.8, 4) is 0 Å². The Hall–Kier alpha value is -0.610. The lowest BCUT2D eigenvalue weighted by molar-refractivity contribution is -0.121. The highest BCUT2D eigenvalue weighted by Gasteiger charge is 2.19. The summed E-state index contributed by atoms with van der Waals surface area (Å²) < 4.78 is 0. The van der Waals surface area contributed by atoms with E-state index in [1.165, 1.54) is 12.8 Å². The maximum absolute atomic E-state index is 11.2. The third kappa shape index (κ3) is 4.94. The summed E-state index contributed by atoms with van der Waals surface area (Å²) in [6.07, 6.45) is 3.22. The smallest absolute Gasteiger partial charge is 0.221 e. The molecule has 94 valence electrons. The Bertz CT molecular complexity index is 208. The van der Waals surface area contributed by atoms with E-state index >= 15 is 0 Å². The van der Waals surface area contributed by atoms with Gasteiger partial charge >= 0.3 is 0 Å². The van der Waals surface area contributed by atoms with Crippen LogP contribution in [0.15, 0.2) is 0 Å². The number of nitrogens with one attached hydrogen (secondary N) is 2. The number of carbonyl (C=O) groups is 1. The molecule has 0 aromatic heterocycles. The van der Waals surface area contributed by atoms with Crippen molar-refractivity contribution in [2.45, 2.75) is 26.2 Å². The Morgan fingerprint density at radius 2 is 2.31 bits per heavy atom. The van der Waals surface area contributed by atoms with Crippen LogP contribution in [0, 0.1) is 5.92 Å². The molecule has 4 nitrogen and oxygen atoms in total. The zero-order valence-electron chi connectivity index (χ0n) is 10.6. The van der Waals surface area contributed by atoms with E-state index in [-0.39, 0.29) is 5.91 Å². The molecule has 0 spiro atoms. The average molecular weight is 227 g/mol. The first-order valence-electron chi connectivity index (χ1n) is 6.40. The molecular formula is C12H25N3O. The van der Waals surface area contributed by atoms with Crippen LogP contribution in [0.5, 0.6) is 0 Å². The van der Waals surface area contributed by atoms with Gasteiger partial charge in [0.15, 0.2) is 0 Å². The lowest BCUT2D eigenvalue weighted by Gasteiger charge is -2.32. The SMILES string of the molecule is CCNCC1CCCN(CCC(=O)NC)C1. The monoisotopic (exact) mass is 227 g/mol. The summed E-state index contributed by atoms with van der Waals surface area (Å²) in [5.74, 6) is 0.909. The van der Waals surface area contributed by atoms with E-state index in [4.69, 9.17) is 0 Å².